The summed E-state index contributed by atoms with van der Waals surface area (Å²) in [5, 5.41) is 20.6. The summed E-state index contributed by atoms with van der Waals surface area (Å²) in [4.78, 5) is 14.7. The summed E-state index contributed by atoms with van der Waals surface area (Å²) in [7, 11) is 0. The second kappa shape index (κ2) is 4.80. The Morgan fingerprint density at radius 3 is 2.88 bits per heavy atom. The van der Waals surface area contributed by atoms with Gasteiger partial charge in [-0.05, 0) is 30.2 Å². The summed E-state index contributed by atoms with van der Waals surface area (Å²) in [5.41, 5.74) is 2.17. The highest BCUT2D eigenvalue weighted by atomic mass is 16.4. The summed E-state index contributed by atoms with van der Waals surface area (Å²) < 4.78 is 0. The summed E-state index contributed by atoms with van der Waals surface area (Å²) in [6.07, 6.45) is 1.16. The highest BCUT2D eigenvalue weighted by molar-refractivity contribution is 5.88. The molecule has 0 spiro atoms. The van der Waals surface area contributed by atoms with E-state index in [0.717, 1.165) is 16.5 Å². The quantitative estimate of drug-likeness (QED) is 0.754. The minimum Gasteiger partial charge on any atom is -0.465 e. The average Bonchev–Trinajstić information content (AvgIpc) is 2.29. The summed E-state index contributed by atoms with van der Waals surface area (Å²) in [6, 6.07) is 7.09. The molecule has 1 heterocycles. The Balaban J connectivity index is 2.36. The van der Waals surface area contributed by atoms with Crippen LogP contribution in [0.4, 0.5) is 10.5 Å². The molecule has 1 amide bonds. The van der Waals surface area contributed by atoms with E-state index < -0.39 is 6.09 Å². The van der Waals surface area contributed by atoms with Gasteiger partial charge in [0.2, 0.25) is 0 Å². The van der Waals surface area contributed by atoms with E-state index in [1.165, 1.54) is 0 Å². The molecular formula is C12H12N2O3. The topological polar surface area (TPSA) is 82.5 Å². The molecule has 2 rings (SSSR count). The first-order valence-corrected chi connectivity index (χ1v) is 5.18. The van der Waals surface area contributed by atoms with E-state index in [-0.39, 0.29) is 6.61 Å². The fourth-order valence-corrected chi connectivity index (χ4v) is 1.63. The second-order valence-corrected chi connectivity index (χ2v) is 3.65. The average molecular weight is 232 g/mol. The Kier molecular flexibility index (Phi) is 3.20. The zero-order valence-corrected chi connectivity index (χ0v) is 9.05. The fraction of sp³-hybridized carbons (Fsp3) is 0.167. The molecule has 17 heavy (non-hydrogen) atoms. The van der Waals surface area contributed by atoms with E-state index in [0.29, 0.717) is 12.1 Å². The maximum atomic E-state index is 10.5. The lowest BCUT2D eigenvalue weighted by molar-refractivity contribution is 0.210. The van der Waals surface area contributed by atoms with E-state index in [4.69, 9.17) is 10.2 Å². The molecule has 0 radical (unpaired) electrons. The number of carboxylic acid groups (broad SMARTS) is 1. The minimum atomic E-state index is -1.10. The number of nitrogens with zero attached hydrogens (tertiary/aromatic N) is 1. The standard InChI is InChI=1S/C12H12N2O3/c15-4-3-8-5-9-1-2-10(14-12(16)17)6-11(9)13-7-8/h1-2,5-7,14-15H,3-4H2,(H,16,17). The van der Waals surface area contributed by atoms with Gasteiger partial charge in [0.05, 0.1) is 5.52 Å². The van der Waals surface area contributed by atoms with E-state index in [9.17, 15) is 4.79 Å². The maximum Gasteiger partial charge on any atom is 0.409 e. The first-order chi connectivity index (χ1) is 8.19. The molecule has 1 aromatic heterocycles. The number of aliphatic hydroxyl groups is 1. The van der Waals surface area contributed by atoms with Gasteiger partial charge >= 0.3 is 6.09 Å². The van der Waals surface area contributed by atoms with Gasteiger partial charge in [-0.1, -0.05) is 6.07 Å². The molecule has 0 saturated heterocycles. The summed E-state index contributed by atoms with van der Waals surface area (Å²) >= 11 is 0. The zero-order valence-electron chi connectivity index (χ0n) is 9.05. The van der Waals surface area contributed by atoms with E-state index in [1.54, 1.807) is 24.4 Å². The molecule has 5 nitrogen and oxygen atoms in total. The van der Waals surface area contributed by atoms with Crippen molar-refractivity contribution in [3.05, 3.63) is 36.0 Å². The smallest absolute Gasteiger partial charge is 0.409 e. The van der Waals surface area contributed by atoms with Crippen LogP contribution >= 0.6 is 0 Å². The Morgan fingerprint density at radius 1 is 1.35 bits per heavy atom. The van der Waals surface area contributed by atoms with E-state index in [2.05, 4.69) is 10.3 Å². The highest BCUT2D eigenvalue weighted by Crippen LogP contribution is 2.18. The second-order valence-electron chi connectivity index (χ2n) is 3.65. The van der Waals surface area contributed by atoms with Crippen LogP contribution in [0, 0.1) is 0 Å². The van der Waals surface area contributed by atoms with Crippen LogP contribution in [0.2, 0.25) is 0 Å². The third kappa shape index (κ3) is 2.70. The lowest BCUT2D eigenvalue weighted by Gasteiger charge is -2.04. The number of aliphatic hydroxyl groups excluding tert-OH is 1. The van der Waals surface area contributed by atoms with Crippen LogP contribution in [0.1, 0.15) is 5.56 Å². The number of carbonyl (C=O) groups is 1. The molecule has 3 N–H and O–H groups in total. The number of rotatable bonds is 3. The molecule has 88 valence electrons. The predicted octanol–water partition coefficient (Wildman–Crippen LogP) is 1.86. The number of hydrogen-bond acceptors (Lipinski definition) is 3. The van der Waals surface area contributed by atoms with Crippen molar-refractivity contribution in [1.29, 1.82) is 0 Å². The number of anilines is 1. The first-order valence-electron chi connectivity index (χ1n) is 5.18. The molecule has 0 fully saturated rings. The molecule has 0 unspecified atom stereocenters. The van der Waals surface area contributed by atoms with Crippen LogP contribution in [-0.2, 0) is 6.42 Å². The van der Waals surface area contributed by atoms with Crippen molar-refractivity contribution in [2.75, 3.05) is 11.9 Å². The molecule has 0 aliphatic carbocycles. The number of benzene rings is 1. The van der Waals surface area contributed by atoms with Gasteiger partial charge in [-0.15, -0.1) is 0 Å². The van der Waals surface area contributed by atoms with Gasteiger partial charge < -0.3 is 10.2 Å². The molecule has 0 aliphatic heterocycles. The van der Waals surface area contributed by atoms with E-state index >= 15 is 0 Å². The number of pyridine rings is 1. The SMILES string of the molecule is O=C(O)Nc1ccc2cc(CCO)cnc2c1. The van der Waals surface area contributed by atoms with Crippen LogP contribution < -0.4 is 5.32 Å². The molecule has 2 aromatic rings. The maximum absolute atomic E-state index is 10.5. The molecule has 0 aliphatic rings. The number of amides is 1. The normalized spacial score (nSPS) is 10.4. The van der Waals surface area contributed by atoms with Crippen LogP contribution in [-0.4, -0.2) is 27.9 Å². The van der Waals surface area contributed by atoms with Crippen LogP contribution in [0.15, 0.2) is 30.5 Å². The highest BCUT2D eigenvalue weighted by Gasteiger charge is 2.02. The van der Waals surface area contributed by atoms with Gasteiger partial charge in [0.15, 0.2) is 0 Å². The fourth-order valence-electron chi connectivity index (χ4n) is 1.63. The van der Waals surface area contributed by atoms with Crippen molar-refractivity contribution >= 4 is 22.7 Å². The molecule has 5 heteroatoms. The van der Waals surface area contributed by atoms with Crippen molar-refractivity contribution < 1.29 is 15.0 Å². The van der Waals surface area contributed by atoms with Gasteiger partial charge in [0.25, 0.3) is 0 Å². The van der Waals surface area contributed by atoms with Crippen molar-refractivity contribution in [2.24, 2.45) is 0 Å². The van der Waals surface area contributed by atoms with Gasteiger partial charge in [-0.25, -0.2) is 4.79 Å². The number of aromatic nitrogens is 1. The van der Waals surface area contributed by atoms with Crippen LogP contribution in [0.5, 0.6) is 0 Å². The first kappa shape index (κ1) is 11.3. The number of hydrogen-bond donors (Lipinski definition) is 3. The zero-order chi connectivity index (χ0) is 12.3. The Morgan fingerprint density at radius 2 is 2.18 bits per heavy atom. The molecule has 0 bridgehead atoms. The molecule has 0 saturated carbocycles. The molecule has 0 atom stereocenters. The predicted molar refractivity (Wildman–Crippen MR) is 64.2 cm³/mol. The van der Waals surface area contributed by atoms with Crippen molar-refractivity contribution in [3.8, 4) is 0 Å². The van der Waals surface area contributed by atoms with Crippen molar-refractivity contribution in [1.82, 2.24) is 4.98 Å². The Hall–Kier alpha value is -2.14. The summed E-state index contributed by atoms with van der Waals surface area (Å²) in [5.74, 6) is 0. The molecule has 1 aromatic carbocycles. The van der Waals surface area contributed by atoms with Gasteiger partial charge in [-0.3, -0.25) is 10.3 Å². The number of fused-ring (bicyclic) bond motifs is 1. The van der Waals surface area contributed by atoms with Gasteiger partial charge in [0.1, 0.15) is 0 Å². The van der Waals surface area contributed by atoms with Crippen LogP contribution in [0.25, 0.3) is 10.9 Å². The lowest BCUT2D eigenvalue weighted by atomic mass is 10.1. The summed E-state index contributed by atoms with van der Waals surface area (Å²) in [6.45, 7) is 0.0891. The monoisotopic (exact) mass is 232 g/mol. The third-order valence-corrected chi connectivity index (χ3v) is 2.39. The largest absolute Gasteiger partial charge is 0.465 e. The Bertz CT molecular complexity index is 554. The van der Waals surface area contributed by atoms with Gasteiger partial charge in [-0.2, -0.15) is 0 Å². The third-order valence-electron chi connectivity index (χ3n) is 2.39. The minimum absolute atomic E-state index is 0.0891. The van der Waals surface area contributed by atoms with Gasteiger partial charge in [0, 0.05) is 23.9 Å². The van der Waals surface area contributed by atoms with Crippen molar-refractivity contribution in [2.45, 2.75) is 6.42 Å². The molecular weight excluding hydrogens is 220 g/mol. The van der Waals surface area contributed by atoms with Crippen molar-refractivity contribution in [3.63, 3.8) is 0 Å². The van der Waals surface area contributed by atoms with Crippen LogP contribution in [0.3, 0.4) is 0 Å². The Labute approximate surface area is 97.7 Å². The number of nitrogens with one attached hydrogen (secondary N) is 1. The lowest BCUT2D eigenvalue weighted by Crippen LogP contribution is -2.06. The van der Waals surface area contributed by atoms with E-state index in [1.807, 2.05) is 6.07 Å².